The fourth-order valence-electron chi connectivity index (χ4n) is 1.84. The van der Waals surface area contributed by atoms with Crippen LogP contribution in [0.2, 0.25) is 0 Å². The second-order valence-electron chi connectivity index (χ2n) is 5.00. The largest absolute Gasteiger partial charge is 0.473 e. The molecular formula is C16H21N3O5. The van der Waals surface area contributed by atoms with E-state index in [9.17, 15) is 0 Å². The van der Waals surface area contributed by atoms with E-state index in [0.29, 0.717) is 0 Å². The maximum absolute atomic E-state index is 9.10. The SMILES string of the molecule is Cc1ccc(-c2[nH]ncc2CNCCCO)cc1.O=C(O)C(=O)O. The molecule has 0 fully saturated rings. The smallest absolute Gasteiger partial charge is 0.414 e. The van der Waals surface area contributed by atoms with Gasteiger partial charge in [0.25, 0.3) is 0 Å². The highest BCUT2D eigenvalue weighted by atomic mass is 16.4. The van der Waals surface area contributed by atoms with Crippen molar-refractivity contribution in [2.75, 3.05) is 13.2 Å². The van der Waals surface area contributed by atoms with Gasteiger partial charge in [0.2, 0.25) is 0 Å². The predicted molar refractivity (Wildman–Crippen MR) is 87.4 cm³/mol. The minimum absolute atomic E-state index is 0.225. The number of aliphatic carboxylic acids is 2. The van der Waals surface area contributed by atoms with Crippen LogP contribution < -0.4 is 5.32 Å². The van der Waals surface area contributed by atoms with E-state index in [0.717, 1.165) is 36.3 Å². The number of aliphatic hydroxyl groups excluding tert-OH is 1. The normalized spacial score (nSPS) is 9.92. The van der Waals surface area contributed by atoms with Crippen molar-refractivity contribution in [3.8, 4) is 11.3 Å². The molecule has 2 aromatic rings. The van der Waals surface area contributed by atoms with Crippen LogP contribution in [0.5, 0.6) is 0 Å². The Bertz CT molecular complexity index is 640. The van der Waals surface area contributed by atoms with Crippen LogP contribution in [-0.4, -0.2) is 50.6 Å². The van der Waals surface area contributed by atoms with Gasteiger partial charge in [-0.3, -0.25) is 5.10 Å². The molecule has 0 saturated heterocycles. The maximum atomic E-state index is 9.10. The van der Waals surface area contributed by atoms with Crippen molar-refractivity contribution in [1.29, 1.82) is 0 Å². The number of aromatic amines is 1. The van der Waals surface area contributed by atoms with Crippen molar-refractivity contribution in [2.45, 2.75) is 19.9 Å². The van der Waals surface area contributed by atoms with Gasteiger partial charge in [-0.05, 0) is 25.5 Å². The number of hydrogen-bond acceptors (Lipinski definition) is 5. The standard InChI is InChI=1S/C14H19N3O.C2H2O4/c1-11-3-5-12(6-4-11)14-13(10-16-17-14)9-15-7-2-8-18;3-1(4)2(5)6/h3-6,10,15,18H,2,7-9H2,1H3,(H,16,17);(H,3,4)(H,5,6). The van der Waals surface area contributed by atoms with Crippen LogP contribution in [0.3, 0.4) is 0 Å². The molecule has 0 aliphatic carbocycles. The van der Waals surface area contributed by atoms with Crippen molar-refractivity contribution in [3.05, 3.63) is 41.6 Å². The van der Waals surface area contributed by atoms with Gasteiger partial charge >= 0.3 is 11.9 Å². The van der Waals surface area contributed by atoms with Gasteiger partial charge in [0.1, 0.15) is 0 Å². The summed E-state index contributed by atoms with van der Waals surface area (Å²) in [5.41, 5.74) is 4.61. The lowest BCUT2D eigenvalue weighted by Gasteiger charge is -2.05. The Kier molecular flexibility index (Phi) is 8.17. The summed E-state index contributed by atoms with van der Waals surface area (Å²) in [6.07, 6.45) is 2.62. The van der Waals surface area contributed by atoms with E-state index in [1.54, 1.807) is 0 Å². The first kappa shape index (κ1) is 19.3. The number of nitrogens with one attached hydrogen (secondary N) is 2. The van der Waals surface area contributed by atoms with Crippen LogP contribution in [0, 0.1) is 6.92 Å². The number of aromatic nitrogens is 2. The lowest BCUT2D eigenvalue weighted by molar-refractivity contribution is -0.159. The van der Waals surface area contributed by atoms with Crippen molar-refractivity contribution in [1.82, 2.24) is 15.5 Å². The summed E-state index contributed by atoms with van der Waals surface area (Å²) >= 11 is 0. The molecule has 0 aliphatic rings. The molecule has 8 heteroatoms. The highest BCUT2D eigenvalue weighted by Gasteiger charge is 2.06. The van der Waals surface area contributed by atoms with Crippen molar-refractivity contribution < 1.29 is 24.9 Å². The summed E-state index contributed by atoms with van der Waals surface area (Å²) in [5, 5.41) is 33.9. The van der Waals surface area contributed by atoms with E-state index in [-0.39, 0.29) is 6.61 Å². The average Bonchev–Trinajstić information content (AvgIpc) is 3.01. The van der Waals surface area contributed by atoms with Crippen LogP contribution in [-0.2, 0) is 16.1 Å². The van der Waals surface area contributed by atoms with Gasteiger partial charge in [-0.15, -0.1) is 0 Å². The summed E-state index contributed by atoms with van der Waals surface area (Å²) in [6, 6.07) is 8.39. The second kappa shape index (κ2) is 10.1. The monoisotopic (exact) mass is 335 g/mol. The highest BCUT2D eigenvalue weighted by molar-refractivity contribution is 6.27. The summed E-state index contributed by atoms with van der Waals surface area (Å²) < 4.78 is 0. The predicted octanol–water partition coefficient (Wildman–Crippen LogP) is 1.01. The summed E-state index contributed by atoms with van der Waals surface area (Å²) in [7, 11) is 0. The molecule has 0 amide bonds. The molecule has 1 heterocycles. The zero-order valence-corrected chi connectivity index (χ0v) is 13.3. The minimum Gasteiger partial charge on any atom is -0.473 e. The van der Waals surface area contributed by atoms with E-state index in [2.05, 4.69) is 46.7 Å². The molecule has 0 saturated carbocycles. The Morgan fingerprint density at radius 1 is 1.17 bits per heavy atom. The Morgan fingerprint density at radius 2 is 1.79 bits per heavy atom. The van der Waals surface area contributed by atoms with Gasteiger partial charge in [0.05, 0.1) is 11.9 Å². The lowest BCUT2D eigenvalue weighted by Crippen LogP contribution is -2.15. The number of carboxylic acids is 2. The van der Waals surface area contributed by atoms with Crippen molar-refractivity contribution >= 4 is 11.9 Å². The van der Waals surface area contributed by atoms with Gasteiger partial charge < -0.3 is 20.6 Å². The van der Waals surface area contributed by atoms with Crippen LogP contribution in [0.25, 0.3) is 11.3 Å². The second-order valence-corrected chi connectivity index (χ2v) is 5.00. The van der Waals surface area contributed by atoms with Gasteiger partial charge in [-0.1, -0.05) is 29.8 Å². The first-order valence-corrected chi connectivity index (χ1v) is 7.32. The van der Waals surface area contributed by atoms with Crippen LogP contribution >= 0.6 is 0 Å². The van der Waals surface area contributed by atoms with Crippen LogP contribution in [0.1, 0.15) is 17.5 Å². The first-order valence-electron chi connectivity index (χ1n) is 7.32. The highest BCUT2D eigenvalue weighted by Crippen LogP contribution is 2.21. The lowest BCUT2D eigenvalue weighted by atomic mass is 10.1. The molecule has 0 aliphatic heterocycles. The van der Waals surface area contributed by atoms with Gasteiger partial charge in [-0.25, -0.2) is 9.59 Å². The topological polar surface area (TPSA) is 136 Å². The van der Waals surface area contributed by atoms with Gasteiger partial charge in [0, 0.05) is 18.7 Å². The molecule has 2 rings (SSSR count). The molecule has 0 spiro atoms. The summed E-state index contributed by atoms with van der Waals surface area (Å²) in [4.78, 5) is 18.2. The van der Waals surface area contributed by atoms with E-state index in [1.165, 1.54) is 5.56 Å². The molecule has 130 valence electrons. The molecule has 0 bridgehead atoms. The molecule has 0 unspecified atom stereocenters. The first-order chi connectivity index (χ1) is 11.5. The molecule has 0 atom stereocenters. The quantitative estimate of drug-likeness (QED) is 0.393. The zero-order chi connectivity index (χ0) is 17.9. The summed E-state index contributed by atoms with van der Waals surface area (Å²) in [5.74, 6) is -3.65. The van der Waals surface area contributed by atoms with Crippen molar-refractivity contribution in [2.24, 2.45) is 0 Å². The number of nitrogens with zero attached hydrogens (tertiary/aromatic N) is 1. The maximum Gasteiger partial charge on any atom is 0.414 e. The Hall–Kier alpha value is -2.71. The number of aryl methyl sites for hydroxylation is 1. The van der Waals surface area contributed by atoms with E-state index in [1.807, 2.05) is 6.20 Å². The van der Waals surface area contributed by atoms with Crippen LogP contribution in [0.4, 0.5) is 0 Å². The number of aliphatic hydroxyl groups is 1. The third-order valence-electron chi connectivity index (χ3n) is 3.07. The molecule has 8 nitrogen and oxygen atoms in total. The number of carboxylic acid groups (broad SMARTS) is 2. The average molecular weight is 335 g/mol. The van der Waals surface area contributed by atoms with Crippen LogP contribution in [0.15, 0.2) is 30.5 Å². The molecule has 1 aromatic carbocycles. The Morgan fingerprint density at radius 3 is 2.33 bits per heavy atom. The van der Waals surface area contributed by atoms with E-state index in [4.69, 9.17) is 24.9 Å². The Labute approximate surface area is 139 Å². The van der Waals surface area contributed by atoms with E-state index < -0.39 is 11.9 Å². The number of H-pyrrole nitrogens is 1. The minimum atomic E-state index is -1.82. The number of carbonyl (C=O) groups is 2. The third-order valence-corrected chi connectivity index (χ3v) is 3.07. The molecule has 0 radical (unpaired) electrons. The molecular weight excluding hydrogens is 314 g/mol. The zero-order valence-electron chi connectivity index (χ0n) is 13.3. The third kappa shape index (κ3) is 6.59. The van der Waals surface area contributed by atoms with E-state index >= 15 is 0 Å². The Balaban J connectivity index is 0.000000413. The number of benzene rings is 1. The molecule has 1 aromatic heterocycles. The molecule has 5 N–H and O–H groups in total. The van der Waals surface area contributed by atoms with Gasteiger partial charge in [-0.2, -0.15) is 5.10 Å². The number of hydrogen-bond donors (Lipinski definition) is 5. The molecule has 24 heavy (non-hydrogen) atoms. The van der Waals surface area contributed by atoms with Gasteiger partial charge in [0.15, 0.2) is 0 Å². The fraction of sp³-hybridized carbons (Fsp3) is 0.312. The summed E-state index contributed by atoms with van der Waals surface area (Å²) in [6.45, 7) is 3.88. The fourth-order valence-corrected chi connectivity index (χ4v) is 1.84. The number of rotatable bonds is 6. The van der Waals surface area contributed by atoms with Crippen molar-refractivity contribution in [3.63, 3.8) is 0 Å².